The molecule has 0 aliphatic heterocycles. The smallest absolute Gasteiger partial charge is 0.372 e. The summed E-state index contributed by atoms with van der Waals surface area (Å²) in [7, 11) is 0. The van der Waals surface area contributed by atoms with Crippen molar-refractivity contribution in [3.63, 3.8) is 0 Å². The van der Waals surface area contributed by atoms with Crippen LogP contribution in [0.3, 0.4) is 0 Å². The summed E-state index contributed by atoms with van der Waals surface area (Å²) in [4.78, 5) is 15.8. The van der Waals surface area contributed by atoms with Crippen LogP contribution in [-0.4, -0.2) is 20.6 Å². The summed E-state index contributed by atoms with van der Waals surface area (Å²) in [6, 6.07) is 7.57. The number of carbonyl (C=O) groups is 1. The summed E-state index contributed by atoms with van der Waals surface area (Å²) in [5.74, 6) is -0.405. The molecule has 4 nitrogen and oxygen atoms in total. The van der Waals surface area contributed by atoms with Gasteiger partial charge in [-0.1, -0.05) is 52.8 Å². The Morgan fingerprint density at radius 2 is 1.95 bits per heavy atom. The molecule has 1 heterocycles. The number of aromatic carboxylic acids is 1. The molecule has 118 valence electrons. The number of carboxylic acids is 1. The van der Waals surface area contributed by atoms with Crippen molar-refractivity contribution in [1.82, 2.24) is 9.55 Å². The summed E-state index contributed by atoms with van der Waals surface area (Å²) in [6.07, 6.45) is 3.11. The van der Waals surface area contributed by atoms with E-state index in [0.29, 0.717) is 5.92 Å². The third kappa shape index (κ3) is 2.43. The molecule has 1 aromatic carbocycles. The average molecular weight is 300 g/mol. The van der Waals surface area contributed by atoms with Gasteiger partial charge in [-0.05, 0) is 24.5 Å². The maximum Gasteiger partial charge on any atom is 0.372 e. The number of hydrogen-bond donors (Lipinski definition) is 1. The van der Waals surface area contributed by atoms with E-state index >= 15 is 0 Å². The standard InChI is InChI=1S/C16H18N2O2.C2H6/c1-10-8-9-13(16(10,2)3)18-12-7-5-4-6-11(12)17-14(18)15(19)20;1-2/h4-7,9-10H,8H2,1-3H3,(H,19,20);1-2H3. The Morgan fingerprint density at radius 1 is 1.32 bits per heavy atom. The molecule has 1 aliphatic carbocycles. The van der Waals surface area contributed by atoms with E-state index in [4.69, 9.17) is 0 Å². The molecular formula is C18H24N2O2. The quantitative estimate of drug-likeness (QED) is 0.877. The minimum atomic E-state index is -0.988. The number of imidazole rings is 1. The lowest BCUT2D eigenvalue weighted by molar-refractivity contribution is 0.0681. The van der Waals surface area contributed by atoms with E-state index in [1.54, 1.807) is 4.57 Å². The van der Waals surface area contributed by atoms with Crippen LogP contribution in [0.2, 0.25) is 0 Å². The Bertz CT molecular complexity index is 726. The fourth-order valence-corrected chi connectivity index (χ4v) is 2.89. The minimum absolute atomic E-state index is 0.0618. The highest BCUT2D eigenvalue weighted by Crippen LogP contribution is 2.46. The van der Waals surface area contributed by atoms with Crippen molar-refractivity contribution in [2.45, 2.75) is 41.0 Å². The first-order valence-electron chi connectivity index (χ1n) is 7.84. The summed E-state index contributed by atoms with van der Waals surface area (Å²) in [5.41, 5.74) is 2.56. The van der Waals surface area contributed by atoms with Gasteiger partial charge in [0.1, 0.15) is 0 Å². The van der Waals surface area contributed by atoms with Gasteiger partial charge in [0.2, 0.25) is 5.82 Å². The van der Waals surface area contributed by atoms with Crippen LogP contribution in [0.15, 0.2) is 30.3 Å². The van der Waals surface area contributed by atoms with Gasteiger partial charge in [-0.25, -0.2) is 9.78 Å². The van der Waals surface area contributed by atoms with E-state index in [-0.39, 0.29) is 11.2 Å². The third-order valence-corrected chi connectivity index (χ3v) is 4.55. The van der Waals surface area contributed by atoms with E-state index in [2.05, 4.69) is 31.8 Å². The zero-order chi connectivity index (χ0) is 16.5. The molecule has 0 spiro atoms. The molecule has 1 N–H and O–H groups in total. The van der Waals surface area contributed by atoms with Crippen LogP contribution < -0.4 is 0 Å². The van der Waals surface area contributed by atoms with Crippen LogP contribution >= 0.6 is 0 Å². The van der Waals surface area contributed by atoms with Crippen LogP contribution in [0.4, 0.5) is 0 Å². The molecular weight excluding hydrogens is 276 g/mol. The highest BCUT2D eigenvalue weighted by Gasteiger charge is 2.37. The Labute approximate surface area is 131 Å². The first kappa shape index (κ1) is 16.3. The van der Waals surface area contributed by atoms with E-state index in [1.807, 2.05) is 38.1 Å². The number of carboxylic acid groups (broad SMARTS) is 1. The zero-order valence-corrected chi connectivity index (χ0v) is 13.9. The average Bonchev–Trinajstić information content (AvgIpc) is 3.00. The second-order valence-electron chi connectivity index (χ2n) is 6.01. The van der Waals surface area contributed by atoms with Gasteiger partial charge in [0.25, 0.3) is 0 Å². The number of aromatic nitrogens is 2. The number of rotatable bonds is 2. The summed E-state index contributed by atoms with van der Waals surface area (Å²) < 4.78 is 1.81. The number of fused-ring (bicyclic) bond motifs is 1. The van der Waals surface area contributed by atoms with E-state index in [9.17, 15) is 9.90 Å². The number of benzene rings is 1. The maximum absolute atomic E-state index is 11.5. The van der Waals surface area contributed by atoms with Crippen molar-refractivity contribution in [1.29, 1.82) is 0 Å². The Hall–Kier alpha value is -2.10. The minimum Gasteiger partial charge on any atom is -0.475 e. The van der Waals surface area contributed by atoms with E-state index < -0.39 is 5.97 Å². The maximum atomic E-state index is 11.5. The van der Waals surface area contributed by atoms with Crippen molar-refractivity contribution in [3.05, 3.63) is 36.2 Å². The van der Waals surface area contributed by atoms with Crippen molar-refractivity contribution in [2.75, 3.05) is 0 Å². The van der Waals surface area contributed by atoms with Crippen LogP contribution in [-0.2, 0) is 0 Å². The van der Waals surface area contributed by atoms with Crippen LogP contribution in [0.25, 0.3) is 16.7 Å². The van der Waals surface area contributed by atoms with Gasteiger partial charge in [-0.3, -0.25) is 4.57 Å². The zero-order valence-electron chi connectivity index (χ0n) is 13.9. The molecule has 1 atom stereocenters. The number of allylic oxidation sites excluding steroid dienone is 2. The van der Waals surface area contributed by atoms with Crippen LogP contribution in [0.1, 0.15) is 51.7 Å². The molecule has 0 saturated heterocycles. The lowest BCUT2D eigenvalue weighted by atomic mass is 9.81. The van der Waals surface area contributed by atoms with E-state index in [1.165, 1.54) is 0 Å². The topological polar surface area (TPSA) is 55.1 Å². The largest absolute Gasteiger partial charge is 0.475 e. The van der Waals surface area contributed by atoms with Crippen molar-refractivity contribution >= 4 is 22.7 Å². The fourth-order valence-electron chi connectivity index (χ4n) is 2.89. The molecule has 0 saturated carbocycles. The van der Waals surface area contributed by atoms with Gasteiger partial charge in [-0.2, -0.15) is 0 Å². The molecule has 0 bridgehead atoms. The van der Waals surface area contributed by atoms with Gasteiger partial charge < -0.3 is 5.11 Å². The monoisotopic (exact) mass is 300 g/mol. The molecule has 1 aliphatic rings. The highest BCUT2D eigenvalue weighted by molar-refractivity contribution is 5.93. The number of nitrogens with zero attached hydrogens (tertiary/aromatic N) is 2. The van der Waals surface area contributed by atoms with E-state index in [0.717, 1.165) is 23.2 Å². The van der Waals surface area contributed by atoms with Gasteiger partial charge in [-0.15, -0.1) is 0 Å². The molecule has 4 heteroatoms. The first-order chi connectivity index (χ1) is 10.4. The molecule has 2 aromatic rings. The molecule has 3 rings (SSSR count). The van der Waals surface area contributed by atoms with Crippen LogP contribution in [0.5, 0.6) is 0 Å². The number of hydrogen-bond acceptors (Lipinski definition) is 2. The van der Waals surface area contributed by atoms with Crippen molar-refractivity contribution < 1.29 is 9.90 Å². The molecule has 1 aromatic heterocycles. The Balaban J connectivity index is 0.000000847. The lowest BCUT2D eigenvalue weighted by Gasteiger charge is -2.29. The lowest BCUT2D eigenvalue weighted by Crippen LogP contribution is -2.23. The van der Waals surface area contributed by atoms with Gasteiger partial charge in [0, 0.05) is 11.1 Å². The fraction of sp³-hybridized carbons (Fsp3) is 0.444. The Morgan fingerprint density at radius 3 is 2.50 bits per heavy atom. The predicted molar refractivity (Wildman–Crippen MR) is 89.9 cm³/mol. The third-order valence-electron chi connectivity index (χ3n) is 4.55. The number of para-hydroxylation sites is 2. The molecule has 22 heavy (non-hydrogen) atoms. The normalized spacial score (nSPS) is 19.5. The second-order valence-corrected chi connectivity index (χ2v) is 6.01. The highest BCUT2D eigenvalue weighted by atomic mass is 16.4. The summed E-state index contributed by atoms with van der Waals surface area (Å²) in [6.45, 7) is 10.5. The molecule has 0 fully saturated rings. The van der Waals surface area contributed by atoms with Crippen molar-refractivity contribution in [3.8, 4) is 0 Å². The SMILES string of the molecule is CC.CC1CC=C(n2c(C(=O)O)nc3ccccc32)C1(C)C. The molecule has 1 unspecified atom stereocenters. The summed E-state index contributed by atoms with van der Waals surface area (Å²) >= 11 is 0. The first-order valence-corrected chi connectivity index (χ1v) is 7.84. The van der Waals surface area contributed by atoms with Gasteiger partial charge in [0.05, 0.1) is 11.0 Å². The van der Waals surface area contributed by atoms with Crippen LogP contribution in [0, 0.1) is 11.3 Å². The van der Waals surface area contributed by atoms with Crippen molar-refractivity contribution in [2.24, 2.45) is 11.3 Å². The molecule has 0 radical (unpaired) electrons. The second kappa shape index (κ2) is 5.95. The molecule has 0 amide bonds. The Kier molecular flexibility index (Phi) is 4.40. The van der Waals surface area contributed by atoms with Gasteiger partial charge >= 0.3 is 5.97 Å². The van der Waals surface area contributed by atoms with Gasteiger partial charge in [0.15, 0.2) is 0 Å². The summed E-state index contributed by atoms with van der Waals surface area (Å²) in [5, 5.41) is 9.45. The predicted octanol–water partition coefficient (Wildman–Crippen LogP) is 4.67.